The van der Waals surface area contributed by atoms with Gasteiger partial charge in [0.15, 0.2) is 0 Å². The highest BCUT2D eigenvalue weighted by molar-refractivity contribution is 5.83. The van der Waals surface area contributed by atoms with Crippen LogP contribution in [-0.2, 0) is 24.2 Å². The molecule has 6 nitrogen and oxygen atoms in total. The number of halogens is 1. The van der Waals surface area contributed by atoms with Gasteiger partial charge in [0.25, 0.3) is 0 Å². The lowest BCUT2D eigenvalue weighted by Crippen LogP contribution is -2.26. The number of amides is 1. The monoisotopic (exact) mass is 421 g/mol. The predicted octanol–water partition coefficient (Wildman–Crippen LogP) is 5.17. The van der Waals surface area contributed by atoms with Gasteiger partial charge in [-0.05, 0) is 36.8 Å². The van der Waals surface area contributed by atoms with Crippen LogP contribution in [0.15, 0.2) is 57.5 Å². The first-order valence-corrected chi connectivity index (χ1v) is 10.4. The van der Waals surface area contributed by atoms with Gasteiger partial charge in [0.2, 0.25) is 17.6 Å². The van der Waals surface area contributed by atoms with Crippen LogP contribution in [0.3, 0.4) is 0 Å². The molecule has 160 valence electrons. The van der Waals surface area contributed by atoms with Crippen molar-refractivity contribution in [2.24, 2.45) is 0 Å². The second-order valence-electron chi connectivity index (χ2n) is 7.48. The highest BCUT2D eigenvalue weighted by atomic mass is 19.1. The number of nitrogens with zero attached hydrogens (tertiary/aromatic N) is 3. The van der Waals surface area contributed by atoms with Crippen LogP contribution in [0.1, 0.15) is 37.0 Å². The van der Waals surface area contributed by atoms with Crippen LogP contribution in [0.5, 0.6) is 0 Å². The number of furan rings is 1. The van der Waals surface area contributed by atoms with Crippen molar-refractivity contribution in [2.75, 3.05) is 7.05 Å². The summed E-state index contributed by atoms with van der Waals surface area (Å²) in [6.45, 7) is 2.56. The molecule has 0 aliphatic rings. The summed E-state index contributed by atoms with van der Waals surface area (Å²) in [6.07, 6.45) is 2.26. The molecular weight excluding hydrogens is 397 g/mol. The van der Waals surface area contributed by atoms with E-state index >= 15 is 0 Å². The fraction of sp³-hybridized carbons (Fsp3) is 0.292. The van der Waals surface area contributed by atoms with Crippen molar-refractivity contribution in [3.05, 3.63) is 71.6 Å². The van der Waals surface area contributed by atoms with Crippen LogP contribution in [0.4, 0.5) is 4.39 Å². The molecule has 0 saturated heterocycles. The molecule has 31 heavy (non-hydrogen) atoms. The van der Waals surface area contributed by atoms with Crippen molar-refractivity contribution in [3.63, 3.8) is 0 Å². The molecule has 2 aromatic heterocycles. The van der Waals surface area contributed by atoms with Gasteiger partial charge in [-0.2, -0.15) is 4.98 Å². The molecule has 2 aromatic carbocycles. The zero-order valence-electron chi connectivity index (χ0n) is 17.6. The minimum Gasteiger partial charge on any atom is -0.461 e. The van der Waals surface area contributed by atoms with E-state index in [0.717, 1.165) is 28.7 Å². The second-order valence-corrected chi connectivity index (χ2v) is 7.48. The van der Waals surface area contributed by atoms with E-state index in [1.807, 2.05) is 38.2 Å². The highest BCUT2D eigenvalue weighted by Gasteiger charge is 2.17. The molecule has 0 N–H and O–H groups in total. The SMILES string of the molecule is CCc1oc2ccccc2c1CN(C)C(=O)CCCc1nc(-c2ccc(F)cc2)no1. The Hall–Kier alpha value is -3.48. The number of carbonyl (C=O) groups excluding carboxylic acids is 1. The van der Waals surface area contributed by atoms with Crippen molar-refractivity contribution in [2.45, 2.75) is 39.2 Å². The van der Waals surface area contributed by atoms with Crippen LogP contribution in [-0.4, -0.2) is 28.0 Å². The van der Waals surface area contributed by atoms with Crippen LogP contribution in [0.2, 0.25) is 0 Å². The molecule has 4 rings (SSSR count). The third-order valence-corrected chi connectivity index (χ3v) is 5.28. The lowest BCUT2D eigenvalue weighted by atomic mass is 10.1. The topological polar surface area (TPSA) is 72.4 Å². The maximum Gasteiger partial charge on any atom is 0.226 e. The number of rotatable bonds is 8. The minimum atomic E-state index is -0.315. The van der Waals surface area contributed by atoms with E-state index < -0.39 is 0 Å². The van der Waals surface area contributed by atoms with E-state index in [0.29, 0.717) is 43.1 Å². The zero-order chi connectivity index (χ0) is 21.8. The summed E-state index contributed by atoms with van der Waals surface area (Å²) < 4.78 is 24.2. The first kappa shape index (κ1) is 20.8. The molecule has 0 radical (unpaired) electrons. The lowest BCUT2D eigenvalue weighted by Gasteiger charge is -2.17. The van der Waals surface area contributed by atoms with Gasteiger partial charge in [-0.3, -0.25) is 4.79 Å². The molecule has 1 amide bonds. The summed E-state index contributed by atoms with van der Waals surface area (Å²) in [4.78, 5) is 18.7. The molecule has 4 aromatic rings. The van der Waals surface area contributed by atoms with Crippen LogP contribution >= 0.6 is 0 Å². The number of aromatic nitrogens is 2. The van der Waals surface area contributed by atoms with Gasteiger partial charge in [-0.25, -0.2) is 4.39 Å². The van der Waals surface area contributed by atoms with Crippen LogP contribution in [0.25, 0.3) is 22.4 Å². The molecule has 0 aliphatic carbocycles. The molecule has 0 fully saturated rings. The number of aryl methyl sites for hydroxylation is 2. The number of benzene rings is 2. The third-order valence-electron chi connectivity index (χ3n) is 5.28. The molecule has 0 spiro atoms. The number of hydrogen-bond acceptors (Lipinski definition) is 5. The largest absolute Gasteiger partial charge is 0.461 e. The van der Waals surface area contributed by atoms with Crippen LogP contribution in [0, 0.1) is 5.82 Å². The highest BCUT2D eigenvalue weighted by Crippen LogP contribution is 2.27. The molecule has 2 heterocycles. The molecule has 0 atom stereocenters. The van der Waals surface area contributed by atoms with Gasteiger partial charge >= 0.3 is 0 Å². The zero-order valence-corrected chi connectivity index (χ0v) is 17.6. The van der Waals surface area contributed by atoms with Gasteiger partial charge in [0.05, 0.1) is 0 Å². The van der Waals surface area contributed by atoms with E-state index in [2.05, 4.69) is 10.1 Å². The Morgan fingerprint density at radius 1 is 1.13 bits per heavy atom. The molecule has 0 bridgehead atoms. The third kappa shape index (κ3) is 4.66. The number of fused-ring (bicyclic) bond motifs is 1. The Balaban J connectivity index is 1.33. The van der Waals surface area contributed by atoms with Gasteiger partial charge in [-0.1, -0.05) is 30.3 Å². The second kappa shape index (κ2) is 9.12. The Morgan fingerprint density at radius 2 is 1.90 bits per heavy atom. The van der Waals surface area contributed by atoms with Crippen molar-refractivity contribution in [1.82, 2.24) is 15.0 Å². The number of para-hydroxylation sites is 1. The number of hydrogen-bond donors (Lipinski definition) is 0. The molecule has 0 unspecified atom stereocenters. The normalized spacial score (nSPS) is 11.2. The predicted molar refractivity (Wildman–Crippen MR) is 115 cm³/mol. The first-order valence-electron chi connectivity index (χ1n) is 10.4. The fourth-order valence-corrected chi connectivity index (χ4v) is 3.59. The Morgan fingerprint density at radius 3 is 2.68 bits per heavy atom. The smallest absolute Gasteiger partial charge is 0.226 e. The minimum absolute atomic E-state index is 0.0469. The molecule has 0 aliphatic heterocycles. The summed E-state index contributed by atoms with van der Waals surface area (Å²) in [5, 5.41) is 4.99. The summed E-state index contributed by atoms with van der Waals surface area (Å²) in [5.74, 6) is 1.52. The van der Waals surface area contributed by atoms with Gasteiger partial charge in [0, 0.05) is 49.4 Å². The van der Waals surface area contributed by atoms with Gasteiger partial charge in [0.1, 0.15) is 17.2 Å². The van der Waals surface area contributed by atoms with E-state index in [9.17, 15) is 9.18 Å². The molecule has 0 saturated carbocycles. The standard InChI is InChI=1S/C24H24FN3O3/c1-3-20-19(18-7-4-5-8-21(18)30-20)15-28(2)23(29)10-6-9-22-26-24(27-31-22)16-11-13-17(25)14-12-16/h4-5,7-8,11-14H,3,6,9-10,15H2,1-2H3. The maximum absolute atomic E-state index is 13.0. The first-order chi connectivity index (χ1) is 15.0. The van der Waals surface area contributed by atoms with Crippen molar-refractivity contribution in [1.29, 1.82) is 0 Å². The average Bonchev–Trinajstić information content (AvgIpc) is 3.39. The number of carbonyl (C=O) groups is 1. The lowest BCUT2D eigenvalue weighted by molar-refractivity contribution is -0.130. The Kier molecular flexibility index (Phi) is 6.11. The average molecular weight is 421 g/mol. The van der Waals surface area contributed by atoms with E-state index in [1.54, 1.807) is 17.0 Å². The summed E-state index contributed by atoms with van der Waals surface area (Å²) >= 11 is 0. The van der Waals surface area contributed by atoms with Crippen molar-refractivity contribution < 1.29 is 18.1 Å². The van der Waals surface area contributed by atoms with E-state index in [4.69, 9.17) is 8.94 Å². The van der Waals surface area contributed by atoms with Gasteiger partial charge < -0.3 is 13.8 Å². The maximum atomic E-state index is 13.0. The summed E-state index contributed by atoms with van der Waals surface area (Å²) in [6, 6.07) is 13.8. The summed E-state index contributed by atoms with van der Waals surface area (Å²) in [5.41, 5.74) is 2.60. The summed E-state index contributed by atoms with van der Waals surface area (Å²) in [7, 11) is 1.81. The molecule has 7 heteroatoms. The van der Waals surface area contributed by atoms with Crippen molar-refractivity contribution in [3.8, 4) is 11.4 Å². The Labute approximate surface area is 179 Å². The van der Waals surface area contributed by atoms with E-state index in [1.165, 1.54) is 12.1 Å². The van der Waals surface area contributed by atoms with Crippen LogP contribution < -0.4 is 0 Å². The van der Waals surface area contributed by atoms with Crippen molar-refractivity contribution >= 4 is 16.9 Å². The fourth-order valence-electron chi connectivity index (χ4n) is 3.59. The quantitative estimate of drug-likeness (QED) is 0.393. The van der Waals surface area contributed by atoms with Gasteiger partial charge in [-0.15, -0.1) is 0 Å². The Bertz CT molecular complexity index is 1180. The van der Waals surface area contributed by atoms with E-state index in [-0.39, 0.29) is 11.7 Å². The molecular formula is C24H24FN3O3.